The van der Waals surface area contributed by atoms with E-state index in [4.69, 9.17) is 31.5 Å². The Labute approximate surface area is 206 Å². The van der Waals surface area contributed by atoms with Crippen molar-refractivity contribution in [3.05, 3.63) is 51.8 Å². The Kier molecular flexibility index (Phi) is 7.24. The number of carbonyl (C=O) groups is 1. The van der Waals surface area contributed by atoms with Crippen molar-refractivity contribution in [3.63, 3.8) is 0 Å². The third kappa shape index (κ3) is 5.58. The van der Waals surface area contributed by atoms with Crippen molar-refractivity contribution in [1.29, 1.82) is 0 Å². The molecule has 1 aromatic heterocycles. The molecule has 1 amide bonds. The van der Waals surface area contributed by atoms with Crippen LogP contribution in [0.15, 0.2) is 24.4 Å². The minimum Gasteiger partial charge on any atom is -0.486 e. The maximum Gasteiger partial charge on any atom is 0.410 e. The van der Waals surface area contributed by atoms with Gasteiger partial charge in [-0.05, 0) is 75.3 Å². The summed E-state index contributed by atoms with van der Waals surface area (Å²) in [7, 11) is 0. The van der Waals surface area contributed by atoms with E-state index in [2.05, 4.69) is 11.1 Å². The molecule has 0 unspecified atom stereocenters. The molecule has 2 aromatic rings. The Bertz CT molecular complexity index is 1020. The van der Waals surface area contributed by atoms with E-state index >= 15 is 0 Å². The molecule has 0 atom stereocenters. The van der Waals surface area contributed by atoms with E-state index in [1.54, 1.807) is 11.1 Å². The van der Waals surface area contributed by atoms with Crippen molar-refractivity contribution in [1.82, 2.24) is 9.88 Å². The molecule has 184 valence electrons. The van der Waals surface area contributed by atoms with Crippen molar-refractivity contribution >= 4 is 23.4 Å². The topological polar surface area (TPSA) is 86.9 Å². The van der Waals surface area contributed by atoms with Crippen LogP contribution in [0.3, 0.4) is 0 Å². The molecule has 2 saturated heterocycles. The lowest BCUT2D eigenvalue weighted by Crippen LogP contribution is -2.50. The number of aryl methyl sites for hydroxylation is 1. The highest BCUT2D eigenvalue weighted by Gasteiger charge is 2.35. The number of nitrogen functional groups attached to an aromatic ring is 1. The number of anilines is 1. The fraction of sp³-hybridized carbons (Fsp3) is 0.538. The van der Waals surface area contributed by atoms with E-state index in [-0.39, 0.29) is 12.0 Å². The third-order valence-corrected chi connectivity index (χ3v) is 6.72. The van der Waals surface area contributed by atoms with Gasteiger partial charge in [-0.3, -0.25) is 0 Å². The number of halogens is 1. The molecule has 2 N–H and O–H groups in total. The quantitative estimate of drug-likeness (QED) is 0.446. The average Bonchev–Trinajstić information content (AvgIpc) is 2.72. The van der Waals surface area contributed by atoms with Crippen molar-refractivity contribution < 1.29 is 19.0 Å². The summed E-state index contributed by atoms with van der Waals surface area (Å²) in [6.45, 7) is 10.7. The first-order valence-corrected chi connectivity index (χ1v) is 12.2. The van der Waals surface area contributed by atoms with E-state index in [0.29, 0.717) is 42.2 Å². The number of carbonyl (C=O) groups excluding carboxylic acids is 1. The van der Waals surface area contributed by atoms with Crippen LogP contribution in [0.4, 0.5) is 10.5 Å². The zero-order valence-electron chi connectivity index (χ0n) is 20.4. The number of hydrogen-bond acceptors (Lipinski definition) is 6. The molecule has 3 heterocycles. The molecular weight excluding hydrogens is 454 g/mol. The lowest BCUT2D eigenvalue weighted by Gasteiger charge is -2.40. The molecule has 0 saturated carbocycles. The monoisotopic (exact) mass is 487 g/mol. The van der Waals surface area contributed by atoms with Crippen LogP contribution in [0.5, 0.6) is 5.75 Å². The zero-order chi connectivity index (χ0) is 24.5. The van der Waals surface area contributed by atoms with Gasteiger partial charge >= 0.3 is 6.09 Å². The van der Waals surface area contributed by atoms with Gasteiger partial charge in [0.05, 0.1) is 5.69 Å². The first-order valence-electron chi connectivity index (χ1n) is 11.8. The normalized spacial score (nSPS) is 17.4. The number of aromatic nitrogens is 1. The maximum atomic E-state index is 12.2. The molecule has 0 spiro atoms. The Morgan fingerprint density at radius 2 is 1.94 bits per heavy atom. The molecule has 2 fully saturated rings. The predicted octanol–water partition coefficient (Wildman–Crippen LogP) is 5.43. The number of rotatable bonds is 5. The van der Waals surface area contributed by atoms with Gasteiger partial charge < -0.3 is 24.8 Å². The van der Waals surface area contributed by atoms with Crippen LogP contribution in [-0.4, -0.2) is 47.9 Å². The maximum absolute atomic E-state index is 12.2. The second-order valence-corrected chi connectivity index (χ2v) is 10.5. The molecule has 0 radical (unpaired) electrons. The number of likely N-dealkylation sites (tertiary alicyclic amines) is 1. The minimum atomic E-state index is -0.496. The van der Waals surface area contributed by atoms with E-state index in [1.165, 1.54) is 5.56 Å². The average molecular weight is 488 g/mol. The third-order valence-electron chi connectivity index (χ3n) is 6.39. The van der Waals surface area contributed by atoms with Crippen LogP contribution in [0.2, 0.25) is 5.15 Å². The lowest BCUT2D eigenvalue weighted by atomic mass is 9.89. The molecule has 2 aliphatic rings. The molecule has 7 nitrogen and oxygen atoms in total. The zero-order valence-corrected chi connectivity index (χ0v) is 21.2. The second kappa shape index (κ2) is 10.0. The number of benzene rings is 1. The summed E-state index contributed by atoms with van der Waals surface area (Å²) in [5.41, 5.74) is 10.6. The summed E-state index contributed by atoms with van der Waals surface area (Å²) in [4.78, 5) is 18.2. The molecule has 1 aromatic carbocycles. The van der Waals surface area contributed by atoms with E-state index in [9.17, 15) is 4.79 Å². The SMILES string of the molecule is Cc1cc(C2CN(C(=O)OC(C)(C)C)C2)cc(N)c1OCc1c(C2CCOCC2)ccnc1Cl. The van der Waals surface area contributed by atoms with Crippen molar-refractivity contribution in [2.24, 2.45) is 0 Å². The Morgan fingerprint density at radius 1 is 1.24 bits per heavy atom. The van der Waals surface area contributed by atoms with Gasteiger partial charge in [-0.15, -0.1) is 0 Å². The van der Waals surface area contributed by atoms with E-state index in [1.807, 2.05) is 39.8 Å². The van der Waals surface area contributed by atoms with Gasteiger partial charge in [0.2, 0.25) is 0 Å². The number of amides is 1. The molecule has 8 heteroatoms. The van der Waals surface area contributed by atoms with Crippen molar-refractivity contribution in [2.45, 2.75) is 64.6 Å². The fourth-order valence-corrected chi connectivity index (χ4v) is 4.81. The summed E-state index contributed by atoms with van der Waals surface area (Å²) in [5, 5.41) is 0.466. The van der Waals surface area contributed by atoms with Gasteiger partial charge in [0, 0.05) is 44.0 Å². The van der Waals surface area contributed by atoms with E-state index in [0.717, 1.165) is 42.7 Å². The number of pyridine rings is 1. The lowest BCUT2D eigenvalue weighted by molar-refractivity contribution is 0.00819. The van der Waals surface area contributed by atoms with Crippen LogP contribution in [-0.2, 0) is 16.1 Å². The van der Waals surface area contributed by atoms with Gasteiger partial charge in [-0.2, -0.15) is 0 Å². The van der Waals surface area contributed by atoms with Gasteiger partial charge in [0.1, 0.15) is 23.1 Å². The second-order valence-electron chi connectivity index (χ2n) is 10.2. The Hall–Kier alpha value is -2.51. The van der Waals surface area contributed by atoms with Crippen LogP contribution >= 0.6 is 11.6 Å². The Morgan fingerprint density at radius 3 is 2.59 bits per heavy atom. The summed E-state index contributed by atoms with van der Waals surface area (Å²) < 4.78 is 17.2. The molecule has 0 aliphatic carbocycles. The van der Waals surface area contributed by atoms with Crippen molar-refractivity contribution in [3.8, 4) is 5.75 Å². The molecule has 4 rings (SSSR count). The first kappa shape index (κ1) is 24.6. The number of nitrogens with two attached hydrogens (primary N) is 1. The Balaban J connectivity index is 1.43. The summed E-state index contributed by atoms with van der Waals surface area (Å²) in [5.74, 6) is 1.28. The highest BCUT2D eigenvalue weighted by atomic mass is 35.5. The number of ether oxygens (including phenoxy) is 3. The summed E-state index contributed by atoms with van der Waals surface area (Å²) in [6.07, 6.45) is 3.40. The van der Waals surface area contributed by atoms with Gasteiger partial charge in [-0.25, -0.2) is 9.78 Å². The highest BCUT2D eigenvalue weighted by molar-refractivity contribution is 6.30. The predicted molar refractivity (Wildman–Crippen MR) is 133 cm³/mol. The van der Waals surface area contributed by atoms with Gasteiger partial charge in [0.15, 0.2) is 0 Å². The van der Waals surface area contributed by atoms with Crippen LogP contribution in [0, 0.1) is 6.92 Å². The largest absolute Gasteiger partial charge is 0.486 e. The highest BCUT2D eigenvalue weighted by Crippen LogP contribution is 2.37. The van der Waals surface area contributed by atoms with Gasteiger partial charge in [0.25, 0.3) is 0 Å². The fourth-order valence-electron chi connectivity index (χ4n) is 4.59. The van der Waals surface area contributed by atoms with E-state index < -0.39 is 5.60 Å². The number of nitrogens with zero attached hydrogens (tertiary/aromatic N) is 2. The molecular formula is C26H34ClN3O4. The molecule has 34 heavy (non-hydrogen) atoms. The number of hydrogen-bond donors (Lipinski definition) is 1. The van der Waals surface area contributed by atoms with Gasteiger partial charge in [-0.1, -0.05) is 17.7 Å². The summed E-state index contributed by atoms with van der Waals surface area (Å²) in [6, 6.07) is 6.07. The molecule has 0 bridgehead atoms. The van der Waals surface area contributed by atoms with Crippen LogP contribution < -0.4 is 10.5 Å². The molecule has 2 aliphatic heterocycles. The summed E-state index contributed by atoms with van der Waals surface area (Å²) >= 11 is 6.47. The van der Waals surface area contributed by atoms with Crippen molar-refractivity contribution in [2.75, 3.05) is 32.0 Å². The van der Waals surface area contributed by atoms with Crippen LogP contribution in [0.25, 0.3) is 0 Å². The van der Waals surface area contributed by atoms with Crippen LogP contribution in [0.1, 0.15) is 67.7 Å². The smallest absolute Gasteiger partial charge is 0.410 e. The standard InChI is InChI=1S/C26H34ClN3O4/c1-16-11-18(19-13-30(14-19)25(31)34-26(2,3)4)12-22(28)23(16)33-15-21-20(5-8-29-24(21)27)17-6-9-32-10-7-17/h5,8,11-12,17,19H,6-7,9-10,13-15,28H2,1-4H3. The first-order chi connectivity index (χ1) is 16.1. The minimum absolute atomic E-state index is 0.232.